The molecule has 20 heavy (non-hydrogen) atoms. The molecule has 6 heteroatoms. The molecule has 0 spiro atoms. The normalized spacial score (nSPS) is 12.2. The lowest BCUT2D eigenvalue weighted by Gasteiger charge is -2.16. The maximum atomic E-state index is 13.5. The molecular weight excluding hydrogens is 285 g/mol. The Morgan fingerprint density at radius 3 is 2.55 bits per heavy atom. The number of carboxylic acid groups (broad SMARTS) is 1. The third-order valence-corrected chi connectivity index (χ3v) is 3.09. The van der Waals surface area contributed by atoms with E-state index in [2.05, 4.69) is 5.32 Å². The van der Waals surface area contributed by atoms with E-state index in [9.17, 15) is 14.0 Å². The van der Waals surface area contributed by atoms with Gasteiger partial charge in [-0.2, -0.15) is 0 Å². The molecule has 0 aliphatic heterocycles. The van der Waals surface area contributed by atoms with Crippen LogP contribution in [0.2, 0.25) is 5.02 Å². The van der Waals surface area contributed by atoms with E-state index in [0.717, 1.165) is 0 Å². The van der Waals surface area contributed by atoms with E-state index in [4.69, 9.17) is 16.7 Å². The quantitative estimate of drug-likeness (QED) is 0.849. The van der Waals surface area contributed by atoms with Gasteiger partial charge in [0.2, 0.25) is 5.91 Å². The first kappa shape index (κ1) is 16.4. The lowest BCUT2D eigenvalue weighted by Crippen LogP contribution is -2.42. The zero-order valence-corrected chi connectivity index (χ0v) is 12.1. The van der Waals surface area contributed by atoms with E-state index in [1.807, 2.05) is 13.8 Å². The SMILES string of the molecule is CC(C)CC(NC(=O)Cc1c(F)cccc1Cl)C(=O)O. The number of carboxylic acids is 1. The minimum absolute atomic E-state index is 0.0698. The summed E-state index contributed by atoms with van der Waals surface area (Å²) < 4.78 is 13.5. The highest BCUT2D eigenvalue weighted by atomic mass is 35.5. The van der Waals surface area contributed by atoms with Crippen molar-refractivity contribution in [2.75, 3.05) is 0 Å². The maximum Gasteiger partial charge on any atom is 0.326 e. The molecule has 110 valence electrons. The van der Waals surface area contributed by atoms with Gasteiger partial charge in [-0.3, -0.25) is 4.79 Å². The van der Waals surface area contributed by atoms with Crippen molar-refractivity contribution in [1.29, 1.82) is 0 Å². The summed E-state index contributed by atoms with van der Waals surface area (Å²) in [4.78, 5) is 22.9. The van der Waals surface area contributed by atoms with Gasteiger partial charge in [0.05, 0.1) is 6.42 Å². The van der Waals surface area contributed by atoms with E-state index in [0.29, 0.717) is 6.42 Å². The molecule has 0 aromatic heterocycles. The van der Waals surface area contributed by atoms with Crippen LogP contribution in [0.1, 0.15) is 25.8 Å². The number of nitrogens with one attached hydrogen (secondary N) is 1. The monoisotopic (exact) mass is 301 g/mol. The smallest absolute Gasteiger partial charge is 0.326 e. The van der Waals surface area contributed by atoms with Gasteiger partial charge in [0.1, 0.15) is 11.9 Å². The van der Waals surface area contributed by atoms with Gasteiger partial charge in [-0.25, -0.2) is 9.18 Å². The highest BCUT2D eigenvalue weighted by Crippen LogP contribution is 2.19. The number of amides is 1. The number of aliphatic carboxylic acids is 1. The molecule has 1 amide bonds. The Labute approximate surface area is 121 Å². The molecule has 0 bridgehead atoms. The Balaban J connectivity index is 2.73. The van der Waals surface area contributed by atoms with Crippen LogP contribution >= 0.6 is 11.6 Å². The van der Waals surface area contributed by atoms with E-state index < -0.39 is 23.7 Å². The fourth-order valence-electron chi connectivity index (χ4n) is 1.80. The van der Waals surface area contributed by atoms with Crippen LogP contribution in [-0.4, -0.2) is 23.0 Å². The summed E-state index contributed by atoms with van der Waals surface area (Å²) in [6, 6.07) is 3.15. The van der Waals surface area contributed by atoms with Crippen LogP contribution in [0.3, 0.4) is 0 Å². The molecule has 2 N–H and O–H groups in total. The standard InChI is InChI=1S/C14H17ClFNO3/c1-8(2)6-12(14(19)20)17-13(18)7-9-10(15)4-3-5-11(9)16/h3-5,8,12H,6-7H2,1-2H3,(H,17,18)(H,19,20). The fourth-order valence-corrected chi connectivity index (χ4v) is 2.03. The number of carbonyl (C=O) groups is 2. The molecule has 0 aliphatic carbocycles. The number of halogens is 2. The first-order chi connectivity index (χ1) is 9.31. The highest BCUT2D eigenvalue weighted by Gasteiger charge is 2.22. The summed E-state index contributed by atoms with van der Waals surface area (Å²) in [6.07, 6.45) is 0.0272. The second-order valence-electron chi connectivity index (χ2n) is 4.96. The van der Waals surface area contributed by atoms with Gasteiger partial charge in [0, 0.05) is 10.6 Å². The van der Waals surface area contributed by atoms with Crippen LogP contribution in [0.5, 0.6) is 0 Å². The molecule has 1 unspecified atom stereocenters. The Hall–Kier alpha value is -1.62. The third-order valence-electron chi connectivity index (χ3n) is 2.74. The predicted molar refractivity (Wildman–Crippen MR) is 74.1 cm³/mol. The average Bonchev–Trinajstić information content (AvgIpc) is 2.32. The van der Waals surface area contributed by atoms with Crippen molar-refractivity contribution in [2.24, 2.45) is 5.92 Å². The topological polar surface area (TPSA) is 66.4 Å². The molecule has 1 aromatic carbocycles. The van der Waals surface area contributed by atoms with Gasteiger partial charge in [-0.05, 0) is 24.5 Å². The van der Waals surface area contributed by atoms with Gasteiger partial charge in [0.25, 0.3) is 0 Å². The summed E-state index contributed by atoms with van der Waals surface area (Å²) in [6.45, 7) is 3.71. The van der Waals surface area contributed by atoms with E-state index in [-0.39, 0.29) is 22.9 Å². The molecule has 1 rings (SSSR count). The van der Waals surface area contributed by atoms with Crippen LogP contribution in [-0.2, 0) is 16.0 Å². The summed E-state index contributed by atoms with van der Waals surface area (Å²) in [7, 11) is 0. The highest BCUT2D eigenvalue weighted by molar-refractivity contribution is 6.31. The second kappa shape index (κ2) is 7.24. The molecular formula is C14H17ClFNO3. The first-order valence-electron chi connectivity index (χ1n) is 6.26. The molecule has 0 aliphatic rings. The Kier molecular flexibility index (Phi) is 5.95. The maximum absolute atomic E-state index is 13.5. The van der Waals surface area contributed by atoms with Crippen molar-refractivity contribution in [2.45, 2.75) is 32.7 Å². The Bertz CT molecular complexity index is 485. The van der Waals surface area contributed by atoms with Gasteiger partial charge < -0.3 is 10.4 Å². The van der Waals surface area contributed by atoms with Crippen molar-refractivity contribution in [1.82, 2.24) is 5.32 Å². The van der Waals surface area contributed by atoms with E-state index in [1.54, 1.807) is 0 Å². The van der Waals surface area contributed by atoms with Crippen molar-refractivity contribution >= 4 is 23.5 Å². The van der Waals surface area contributed by atoms with Gasteiger partial charge in [-0.1, -0.05) is 31.5 Å². The number of carbonyl (C=O) groups excluding carboxylic acids is 1. The van der Waals surface area contributed by atoms with Crippen molar-refractivity contribution < 1.29 is 19.1 Å². The first-order valence-corrected chi connectivity index (χ1v) is 6.64. The molecule has 0 saturated heterocycles. The second-order valence-corrected chi connectivity index (χ2v) is 5.37. The predicted octanol–water partition coefficient (Wildman–Crippen LogP) is 2.64. The molecule has 0 heterocycles. The zero-order valence-electron chi connectivity index (χ0n) is 11.3. The molecule has 1 atom stereocenters. The van der Waals surface area contributed by atoms with E-state index in [1.165, 1.54) is 18.2 Å². The van der Waals surface area contributed by atoms with Crippen LogP contribution in [0.4, 0.5) is 4.39 Å². The molecule has 4 nitrogen and oxygen atoms in total. The van der Waals surface area contributed by atoms with Crippen LogP contribution in [0.15, 0.2) is 18.2 Å². The summed E-state index contributed by atoms with van der Waals surface area (Å²) in [5.41, 5.74) is 0.0698. The molecule has 0 radical (unpaired) electrons. The summed E-state index contributed by atoms with van der Waals surface area (Å²) in [5.74, 6) is -2.13. The molecule has 0 fully saturated rings. The number of hydrogen-bond donors (Lipinski definition) is 2. The van der Waals surface area contributed by atoms with Gasteiger partial charge >= 0.3 is 5.97 Å². The molecule has 1 aromatic rings. The number of rotatable bonds is 6. The third kappa shape index (κ3) is 4.81. The lowest BCUT2D eigenvalue weighted by molar-refractivity contribution is -0.142. The van der Waals surface area contributed by atoms with Crippen LogP contribution in [0.25, 0.3) is 0 Å². The zero-order chi connectivity index (χ0) is 15.3. The van der Waals surface area contributed by atoms with Crippen LogP contribution in [0, 0.1) is 11.7 Å². The van der Waals surface area contributed by atoms with Gasteiger partial charge in [0.15, 0.2) is 0 Å². The average molecular weight is 302 g/mol. The van der Waals surface area contributed by atoms with Crippen molar-refractivity contribution in [3.8, 4) is 0 Å². The van der Waals surface area contributed by atoms with Crippen molar-refractivity contribution in [3.05, 3.63) is 34.6 Å². The van der Waals surface area contributed by atoms with Crippen LogP contribution < -0.4 is 5.32 Å². The van der Waals surface area contributed by atoms with Gasteiger partial charge in [-0.15, -0.1) is 0 Å². The molecule has 0 saturated carbocycles. The summed E-state index contributed by atoms with van der Waals surface area (Å²) >= 11 is 5.82. The number of hydrogen-bond acceptors (Lipinski definition) is 2. The number of benzene rings is 1. The lowest BCUT2D eigenvalue weighted by atomic mass is 10.0. The largest absolute Gasteiger partial charge is 0.480 e. The Morgan fingerprint density at radius 2 is 2.05 bits per heavy atom. The minimum Gasteiger partial charge on any atom is -0.480 e. The minimum atomic E-state index is -1.10. The van der Waals surface area contributed by atoms with Crippen molar-refractivity contribution in [3.63, 3.8) is 0 Å². The Morgan fingerprint density at radius 1 is 1.40 bits per heavy atom. The summed E-state index contributed by atoms with van der Waals surface area (Å²) in [5, 5.41) is 11.6. The fraction of sp³-hybridized carbons (Fsp3) is 0.429. The van der Waals surface area contributed by atoms with E-state index >= 15 is 0 Å².